The Hall–Kier alpha value is 0.110. The van der Waals surface area contributed by atoms with E-state index in [0.717, 1.165) is 37.0 Å². The van der Waals surface area contributed by atoms with Crippen molar-refractivity contribution in [3.05, 3.63) is 0 Å². The largest absolute Gasteiger partial charge is 0.390 e. The molecular formula is C23H39BrO2. The summed E-state index contributed by atoms with van der Waals surface area (Å²) in [5, 5.41) is 10.9. The highest BCUT2D eigenvalue weighted by Gasteiger charge is 2.58. The van der Waals surface area contributed by atoms with Crippen molar-refractivity contribution < 1.29 is 9.90 Å². The SMILES string of the molecule is CCC[C@H]1[C@@H]2[C@H](C)C[C@H](C(=O)CBr)[C@@]2(C)CC[C@@H]1C1CCC(C)(O)CC1. The molecule has 2 nitrogen and oxygen atoms in total. The van der Waals surface area contributed by atoms with Crippen LogP contribution in [0.15, 0.2) is 0 Å². The molecule has 0 bridgehead atoms. The molecule has 3 rings (SSSR count). The molecule has 150 valence electrons. The summed E-state index contributed by atoms with van der Waals surface area (Å²) in [6.07, 6.45) is 10.5. The van der Waals surface area contributed by atoms with E-state index < -0.39 is 5.60 Å². The summed E-state index contributed by atoms with van der Waals surface area (Å²) >= 11 is 3.44. The number of halogens is 1. The molecule has 26 heavy (non-hydrogen) atoms. The van der Waals surface area contributed by atoms with Gasteiger partial charge in [0.2, 0.25) is 0 Å². The van der Waals surface area contributed by atoms with E-state index in [2.05, 4.69) is 36.7 Å². The second kappa shape index (κ2) is 7.85. The van der Waals surface area contributed by atoms with E-state index in [0.29, 0.717) is 22.9 Å². The fourth-order valence-corrected chi connectivity index (χ4v) is 7.87. The van der Waals surface area contributed by atoms with Gasteiger partial charge in [-0.2, -0.15) is 0 Å². The van der Waals surface area contributed by atoms with Gasteiger partial charge < -0.3 is 5.11 Å². The normalized spacial score (nSPS) is 49.0. The zero-order valence-electron chi connectivity index (χ0n) is 17.3. The molecule has 0 amide bonds. The topological polar surface area (TPSA) is 37.3 Å². The highest BCUT2D eigenvalue weighted by molar-refractivity contribution is 9.09. The first-order valence-corrected chi connectivity index (χ1v) is 12.2. The number of hydrogen-bond donors (Lipinski definition) is 1. The molecule has 1 N–H and O–H groups in total. The van der Waals surface area contributed by atoms with E-state index in [1.54, 1.807) is 0 Å². The summed E-state index contributed by atoms with van der Waals surface area (Å²) in [5.74, 6) is 4.43. The molecule has 0 aliphatic heterocycles. The van der Waals surface area contributed by atoms with Crippen LogP contribution in [0.1, 0.15) is 85.5 Å². The van der Waals surface area contributed by atoms with Gasteiger partial charge in [-0.1, -0.05) is 49.5 Å². The van der Waals surface area contributed by atoms with Crippen molar-refractivity contribution in [2.24, 2.45) is 40.9 Å². The van der Waals surface area contributed by atoms with Crippen LogP contribution < -0.4 is 0 Å². The molecule has 0 unspecified atom stereocenters. The lowest BCUT2D eigenvalue weighted by Crippen LogP contribution is -2.47. The zero-order valence-corrected chi connectivity index (χ0v) is 18.9. The fraction of sp³-hybridized carbons (Fsp3) is 0.957. The predicted molar refractivity (Wildman–Crippen MR) is 111 cm³/mol. The molecule has 0 aromatic heterocycles. The third-order valence-corrected chi connectivity index (χ3v) is 9.21. The summed E-state index contributed by atoms with van der Waals surface area (Å²) in [4.78, 5) is 12.7. The first-order chi connectivity index (χ1) is 12.2. The number of fused-ring (bicyclic) bond motifs is 1. The average Bonchev–Trinajstić information content (AvgIpc) is 2.87. The van der Waals surface area contributed by atoms with E-state index in [1.165, 1.54) is 38.5 Å². The number of Topliss-reactive ketones (excluding diaryl/α,β-unsaturated/α-hetero) is 1. The highest BCUT2D eigenvalue weighted by Crippen LogP contribution is 2.64. The minimum absolute atomic E-state index is 0.209. The molecule has 3 heteroatoms. The quantitative estimate of drug-likeness (QED) is 0.547. The molecule has 0 radical (unpaired) electrons. The van der Waals surface area contributed by atoms with Gasteiger partial charge in [-0.15, -0.1) is 0 Å². The summed E-state index contributed by atoms with van der Waals surface area (Å²) in [6.45, 7) is 9.20. The second-order valence-corrected chi connectivity index (χ2v) is 10.9. The van der Waals surface area contributed by atoms with Gasteiger partial charge in [0.15, 0.2) is 0 Å². The lowest BCUT2D eigenvalue weighted by Gasteiger charge is -2.52. The van der Waals surface area contributed by atoms with Gasteiger partial charge in [0.05, 0.1) is 10.9 Å². The van der Waals surface area contributed by atoms with E-state index in [1.807, 2.05) is 6.92 Å². The monoisotopic (exact) mass is 426 g/mol. The van der Waals surface area contributed by atoms with E-state index in [4.69, 9.17) is 0 Å². The Bertz CT molecular complexity index is 506. The number of carbonyl (C=O) groups excluding carboxylic acids is 1. The minimum Gasteiger partial charge on any atom is -0.390 e. The second-order valence-electron chi connectivity index (χ2n) is 10.4. The Labute approximate surface area is 169 Å². The van der Waals surface area contributed by atoms with Gasteiger partial charge in [0, 0.05) is 5.92 Å². The van der Waals surface area contributed by atoms with Gasteiger partial charge in [-0.25, -0.2) is 0 Å². The molecule has 6 atom stereocenters. The van der Waals surface area contributed by atoms with Gasteiger partial charge >= 0.3 is 0 Å². The zero-order chi connectivity index (χ0) is 19.1. The van der Waals surface area contributed by atoms with Gasteiger partial charge in [0.25, 0.3) is 0 Å². The average molecular weight is 427 g/mol. The molecule has 0 heterocycles. The summed E-state index contributed by atoms with van der Waals surface area (Å²) in [5.41, 5.74) is -0.227. The van der Waals surface area contributed by atoms with Crippen LogP contribution in [0.4, 0.5) is 0 Å². The van der Waals surface area contributed by atoms with Crippen molar-refractivity contribution in [1.29, 1.82) is 0 Å². The number of rotatable bonds is 5. The van der Waals surface area contributed by atoms with Crippen molar-refractivity contribution >= 4 is 21.7 Å². The Morgan fingerprint density at radius 3 is 2.38 bits per heavy atom. The van der Waals surface area contributed by atoms with Crippen LogP contribution in [-0.4, -0.2) is 21.8 Å². The molecule has 0 aromatic rings. The van der Waals surface area contributed by atoms with Crippen molar-refractivity contribution in [2.45, 2.75) is 91.1 Å². The number of alkyl halides is 1. The van der Waals surface area contributed by atoms with E-state index in [-0.39, 0.29) is 11.3 Å². The molecular weight excluding hydrogens is 388 g/mol. The van der Waals surface area contributed by atoms with Crippen molar-refractivity contribution in [3.8, 4) is 0 Å². The van der Waals surface area contributed by atoms with Gasteiger partial charge in [-0.05, 0) is 86.9 Å². The minimum atomic E-state index is -0.437. The Morgan fingerprint density at radius 1 is 1.15 bits per heavy atom. The molecule has 3 saturated carbocycles. The van der Waals surface area contributed by atoms with E-state index in [9.17, 15) is 9.90 Å². The van der Waals surface area contributed by atoms with E-state index >= 15 is 0 Å². The summed E-state index contributed by atoms with van der Waals surface area (Å²) < 4.78 is 0. The Morgan fingerprint density at radius 2 is 1.81 bits per heavy atom. The first kappa shape index (κ1) is 20.8. The van der Waals surface area contributed by atoms with Gasteiger partial charge in [-0.3, -0.25) is 4.79 Å². The maximum Gasteiger partial charge on any atom is 0.147 e. The third kappa shape index (κ3) is 3.69. The fourth-order valence-electron chi connectivity index (χ4n) is 7.47. The van der Waals surface area contributed by atoms with Gasteiger partial charge in [0.1, 0.15) is 5.78 Å². The maximum atomic E-state index is 12.7. The summed E-state index contributed by atoms with van der Waals surface area (Å²) in [6, 6.07) is 0. The lowest BCUT2D eigenvalue weighted by atomic mass is 9.52. The van der Waals surface area contributed by atoms with Crippen molar-refractivity contribution in [3.63, 3.8) is 0 Å². The van der Waals surface area contributed by atoms with Crippen LogP contribution in [0.5, 0.6) is 0 Å². The van der Waals surface area contributed by atoms with Crippen LogP contribution in [0.2, 0.25) is 0 Å². The smallest absolute Gasteiger partial charge is 0.147 e. The molecule has 3 fully saturated rings. The van der Waals surface area contributed by atoms with Crippen LogP contribution in [0.3, 0.4) is 0 Å². The molecule has 0 spiro atoms. The Balaban J connectivity index is 1.83. The van der Waals surface area contributed by atoms with Crippen molar-refractivity contribution in [2.75, 3.05) is 5.33 Å². The standard InChI is InChI=1S/C23H39BrO2/c1-5-6-18-17(16-7-10-22(3,26)11-8-16)9-12-23(4)19(20(25)14-24)13-15(2)21(18)23/h15-19,21,26H,5-14H2,1-4H3/t15-,16?,17-,18-,19-,21+,22?,23-/m1/s1. The first-order valence-electron chi connectivity index (χ1n) is 11.0. The number of carbonyl (C=O) groups is 1. The predicted octanol–water partition coefficient (Wildman–Crippen LogP) is 6.00. The molecule has 3 aliphatic carbocycles. The van der Waals surface area contributed by atoms with Crippen LogP contribution in [0.25, 0.3) is 0 Å². The lowest BCUT2D eigenvalue weighted by molar-refractivity contribution is -0.126. The highest BCUT2D eigenvalue weighted by atomic mass is 79.9. The van der Waals surface area contributed by atoms with Crippen LogP contribution in [-0.2, 0) is 4.79 Å². The van der Waals surface area contributed by atoms with Crippen LogP contribution >= 0.6 is 15.9 Å². The Kier molecular flexibility index (Phi) is 6.29. The maximum absolute atomic E-state index is 12.7. The summed E-state index contributed by atoms with van der Waals surface area (Å²) in [7, 11) is 0. The van der Waals surface area contributed by atoms with Crippen molar-refractivity contribution in [1.82, 2.24) is 0 Å². The number of aliphatic hydroxyl groups is 1. The number of ketones is 1. The molecule has 0 saturated heterocycles. The number of hydrogen-bond acceptors (Lipinski definition) is 2. The van der Waals surface area contributed by atoms with Crippen LogP contribution in [0, 0.1) is 40.9 Å². The molecule has 3 aliphatic rings. The third-order valence-electron chi connectivity index (χ3n) is 8.66. The molecule has 0 aromatic carbocycles.